The van der Waals surface area contributed by atoms with Crippen molar-refractivity contribution in [2.24, 2.45) is 0 Å². The summed E-state index contributed by atoms with van der Waals surface area (Å²) < 4.78 is 41.4. The minimum atomic E-state index is -3.77. The lowest BCUT2D eigenvalue weighted by Crippen LogP contribution is -2.48. The Hall–Kier alpha value is -1.88. The van der Waals surface area contributed by atoms with Crippen molar-refractivity contribution in [1.82, 2.24) is 19.1 Å². The Morgan fingerprint density at radius 1 is 1.15 bits per heavy atom. The van der Waals surface area contributed by atoms with E-state index in [0.717, 1.165) is 16.8 Å². The van der Waals surface area contributed by atoms with E-state index in [4.69, 9.17) is 4.98 Å². The van der Waals surface area contributed by atoms with E-state index in [9.17, 15) is 17.6 Å². The van der Waals surface area contributed by atoms with Gasteiger partial charge in [0.2, 0.25) is 10.0 Å². The number of piperazine rings is 1. The van der Waals surface area contributed by atoms with Gasteiger partial charge in [0.25, 0.3) is 5.91 Å². The second-order valence-electron chi connectivity index (χ2n) is 9.19. The maximum Gasteiger partial charge on any atom is 0.256 e. The molecule has 2 heterocycles. The van der Waals surface area contributed by atoms with Gasteiger partial charge in [0.15, 0.2) is 0 Å². The summed E-state index contributed by atoms with van der Waals surface area (Å²) in [6.45, 7) is 13.4. The van der Waals surface area contributed by atoms with Crippen LogP contribution in [0.1, 0.15) is 55.7 Å². The first kappa shape index (κ1) is 25.7. The molecule has 0 atom stereocenters. The van der Waals surface area contributed by atoms with Gasteiger partial charge in [0.1, 0.15) is 5.82 Å². The van der Waals surface area contributed by atoms with E-state index in [1.807, 2.05) is 0 Å². The van der Waals surface area contributed by atoms with E-state index in [1.54, 1.807) is 30.1 Å². The molecule has 0 aliphatic carbocycles. The van der Waals surface area contributed by atoms with Gasteiger partial charge in [0.05, 0.1) is 21.2 Å². The van der Waals surface area contributed by atoms with Crippen molar-refractivity contribution >= 4 is 27.3 Å². The standard InChI is InChI=1S/C23H33FN4O3S2/c1-6-28(7-2)33(30,31)18-8-9-20(24)19(14-18)21(29)27-12-10-26(11-13-27)15-17-16-32-22(25-17)23(3,4)5/h8-9,14,16H,6-7,10-13,15H2,1-5H3. The number of carbonyl (C=O) groups is 1. The number of thiazole rings is 1. The van der Waals surface area contributed by atoms with Gasteiger partial charge in [-0.15, -0.1) is 11.3 Å². The summed E-state index contributed by atoms with van der Waals surface area (Å²) in [5.74, 6) is -1.19. The maximum atomic E-state index is 14.5. The van der Waals surface area contributed by atoms with Crippen molar-refractivity contribution in [2.45, 2.75) is 51.5 Å². The van der Waals surface area contributed by atoms with Gasteiger partial charge in [-0.1, -0.05) is 34.6 Å². The van der Waals surface area contributed by atoms with Crippen molar-refractivity contribution < 1.29 is 17.6 Å². The molecule has 0 saturated carbocycles. The second kappa shape index (κ2) is 10.2. The topological polar surface area (TPSA) is 73.8 Å². The molecule has 0 bridgehead atoms. The van der Waals surface area contributed by atoms with E-state index in [0.29, 0.717) is 45.8 Å². The van der Waals surface area contributed by atoms with Gasteiger partial charge in [-0.25, -0.2) is 17.8 Å². The average molecular weight is 497 g/mol. The minimum Gasteiger partial charge on any atom is -0.336 e. The van der Waals surface area contributed by atoms with Gasteiger partial charge < -0.3 is 4.90 Å². The van der Waals surface area contributed by atoms with Crippen molar-refractivity contribution in [3.63, 3.8) is 0 Å². The van der Waals surface area contributed by atoms with Gasteiger partial charge in [0, 0.05) is 56.6 Å². The quantitative estimate of drug-likeness (QED) is 0.586. The molecule has 10 heteroatoms. The molecule has 0 unspecified atom stereocenters. The fourth-order valence-electron chi connectivity index (χ4n) is 3.77. The number of hydrogen-bond donors (Lipinski definition) is 0. The van der Waals surface area contributed by atoms with Crippen LogP contribution in [0.3, 0.4) is 0 Å². The molecule has 3 rings (SSSR count). The maximum absolute atomic E-state index is 14.5. The van der Waals surface area contributed by atoms with Crippen molar-refractivity contribution in [3.05, 3.63) is 45.7 Å². The molecule has 2 aromatic rings. The molecule has 0 spiro atoms. The number of benzene rings is 1. The molecule has 1 fully saturated rings. The first-order valence-electron chi connectivity index (χ1n) is 11.2. The molecular formula is C23H33FN4O3S2. The molecule has 1 aromatic carbocycles. The summed E-state index contributed by atoms with van der Waals surface area (Å²) in [5.41, 5.74) is 0.835. The zero-order chi connectivity index (χ0) is 24.4. The van der Waals surface area contributed by atoms with E-state index in [1.165, 1.54) is 16.4 Å². The van der Waals surface area contributed by atoms with Crippen LogP contribution < -0.4 is 0 Å². The van der Waals surface area contributed by atoms with Crippen molar-refractivity contribution in [2.75, 3.05) is 39.3 Å². The van der Waals surface area contributed by atoms with E-state index in [-0.39, 0.29) is 15.9 Å². The number of rotatable bonds is 7. The number of amides is 1. The summed E-state index contributed by atoms with van der Waals surface area (Å²) in [4.78, 5) is 21.5. The number of nitrogens with zero attached hydrogens (tertiary/aromatic N) is 4. The highest BCUT2D eigenvalue weighted by Gasteiger charge is 2.28. The van der Waals surface area contributed by atoms with E-state index < -0.39 is 21.7 Å². The Bertz CT molecular complexity index is 1080. The average Bonchev–Trinajstić information content (AvgIpc) is 3.24. The Kier molecular flexibility index (Phi) is 7.93. The highest BCUT2D eigenvalue weighted by atomic mass is 32.2. The van der Waals surface area contributed by atoms with Gasteiger partial charge in [-0.05, 0) is 18.2 Å². The second-order valence-corrected chi connectivity index (χ2v) is 12.0. The number of hydrogen-bond acceptors (Lipinski definition) is 6. The van der Waals surface area contributed by atoms with Gasteiger partial charge >= 0.3 is 0 Å². The molecule has 1 aliphatic rings. The Labute approximate surface area is 200 Å². The van der Waals surface area contributed by atoms with Crippen LogP contribution in [-0.4, -0.2) is 72.7 Å². The fourth-order valence-corrected chi connectivity index (χ4v) is 6.16. The lowest BCUT2D eigenvalue weighted by atomic mass is 9.98. The van der Waals surface area contributed by atoms with Crippen LogP contribution >= 0.6 is 11.3 Å². The van der Waals surface area contributed by atoms with Crippen LogP contribution in [0.2, 0.25) is 0 Å². The largest absolute Gasteiger partial charge is 0.336 e. The summed E-state index contributed by atoms with van der Waals surface area (Å²) in [7, 11) is -3.77. The van der Waals surface area contributed by atoms with Crippen LogP contribution in [-0.2, 0) is 22.0 Å². The first-order valence-corrected chi connectivity index (χ1v) is 13.6. The molecule has 33 heavy (non-hydrogen) atoms. The van der Waals surface area contributed by atoms with Crippen LogP contribution in [0.5, 0.6) is 0 Å². The molecule has 1 amide bonds. The van der Waals surface area contributed by atoms with Crippen LogP contribution in [0.15, 0.2) is 28.5 Å². The Morgan fingerprint density at radius 3 is 2.33 bits per heavy atom. The smallest absolute Gasteiger partial charge is 0.256 e. The lowest BCUT2D eigenvalue weighted by molar-refractivity contribution is 0.0622. The highest BCUT2D eigenvalue weighted by molar-refractivity contribution is 7.89. The van der Waals surface area contributed by atoms with Crippen LogP contribution in [0.25, 0.3) is 0 Å². The monoisotopic (exact) mass is 496 g/mol. The minimum absolute atomic E-state index is 0.0193. The molecule has 0 radical (unpaired) electrons. The predicted octanol–water partition coefficient (Wildman–Crippen LogP) is 3.57. The third kappa shape index (κ3) is 5.79. The highest BCUT2D eigenvalue weighted by Crippen LogP contribution is 2.26. The van der Waals surface area contributed by atoms with Crippen LogP contribution in [0, 0.1) is 5.82 Å². The summed E-state index contributed by atoms with van der Waals surface area (Å²) in [6, 6.07) is 3.45. The molecule has 1 aromatic heterocycles. The van der Waals surface area contributed by atoms with Crippen LogP contribution in [0.4, 0.5) is 4.39 Å². The number of aromatic nitrogens is 1. The van der Waals surface area contributed by atoms with Gasteiger partial charge in [-0.2, -0.15) is 4.31 Å². The molecule has 1 saturated heterocycles. The summed E-state index contributed by atoms with van der Waals surface area (Å²) in [5, 5.41) is 3.18. The van der Waals surface area contributed by atoms with Crippen molar-refractivity contribution in [3.8, 4) is 0 Å². The zero-order valence-corrected chi connectivity index (χ0v) is 21.6. The molecule has 1 aliphatic heterocycles. The summed E-state index contributed by atoms with van der Waals surface area (Å²) >= 11 is 1.66. The SMILES string of the molecule is CCN(CC)S(=O)(=O)c1ccc(F)c(C(=O)N2CCN(Cc3csc(C(C)(C)C)n3)CC2)c1. The van der Waals surface area contributed by atoms with E-state index >= 15 is 0 Å². The predicted molar refractivity (Wildman–Crippen MR) is 129 cm³/mol. The zero-order valence-electron chi connectivity index (χ0n) is 20.0. The van der Waals surface area contributed by atoms with Gasteiger partial charge in [-0.3, -0.25) is 9.69 Å². The first-order chi connectivity index (χ1) is 15.5. The molecule has 182 valence electrons. The Balaban J connectivity index is 1.68. The number of carbonyl (C=O) groups excluding carboxylic acids is 1. The van der Waals surface area contributed by atoms with Crippen molar-refractivity contribution in [1.29, 1.82) is 0 Å². The number of halogens is 1. The van der Waals surface area contributed by atoms with E-state index in [2.05, 4.69) is 31.1 Å². The normalized spacial score (nSPS) is 15.9. The Morgan fingerprint density at radius 2 is 1.79 bits per heavy atom. The lowest BCUT2D eigenvalue weighted by Gasteiger charge is -2.34. The molecular weight excluding hydrogens is 463 g/mol. The molecule has 7 nitrogen and oxygen atoms in total. The molecule has 0 N–H and O–H groups in total. The third-order valence-corrected chi connectivity index (χ3v) is 9.11. The number of sulfonamides is 1. The fraction of sp³-hybridized carbons (Fsp3) is 0.565. The summed E-state index contributed by atoms with van der Waals surface area (Å²) in [6.07, 6.45) is 0. The third-order valence-electron chi connectivity index (χ3n) is 5.75.